The van der Waals surface area contributed by atoms with E-state index in [1.807, 2.05) is 4.90 Å². The van der Waals surface area contributed by atoms with Crippen molar-refractivity contribution in [3.8, 4) is 11.1 Å². The number of fused-ring (bicyclic) bond motifs is 1. The van der Waals surface area contributed by atoms with Crippen LogP contribution in [0, 0.1) is 0 Å². The van der Waals surface area contributed by atoms with Gasteiger partial charge in [-0.3, -0.25) is 53.0 Å². The number of anilines is 1. The molecule has 33 heteroatoms. The van der Waals surface area contributed by atoms with Gasteiger partial charge in [-0.1, -0.05) is 24.3 Å². The Hall–Kier alpha value is -6.63. The molecule has 10 N–H and O–H groups in total. The third-order valence-corrected chi connectivity index (χ3v) is 16.6. The van der Waals surface area contributed by atoms with Gasteiger partial charge >= 0.3 is 49.7 Å². The van der Waals surface area contributed by atoms with E-state index >= 15 is 0 Å². The number of aromatic amines is 1. The Balaban J connectivity index is 0.0000141. The molecule has 0 aliphatic carbocycles. The minimum atomic E-state index is -4.38. The Bertz CT molecular complexity index is 3200. The maximum atomic E-state index is 13.3. The van der Waals surface area contributed by atoms with E-state index in [2.05, 4.69) is 40.5 Å². The molecule has 5 aromatic rings. The number of aryl methyl sites for hydroxylation is 1. The van der Waals surface area contributed by atoms with Crippen molar-refractivity contribution < 1.29 is 80.2 Å². The van der Waals surface area contributed by atoms with Crippen molar-refractivity contribution >= 4 is 98.4 Å². The van der Waals surface area contributed by atoms with E-state index in [0.29, 0.717) is 101 Å². The van der Waals surface area contributed by atoms with E-state index in [1.165, 1.54) is 36.4 Å². The molecule has 1 aliphatic heterocycles. The number of carboxylic acids is 4. The molecule has 3 heterocycles. The number of carbonyl (C=O) groups is 6. The van der Waals surface area contributed by atoms with Crippen molar-refractivity contribution in [2.24, 2.45) is 0 Å². The van der Waals surface area contributed by atoms with E-state index in [-0.39, 0.29) is 126 Å². The average molecular weight is 1370 g/mol. The van der Waals surface area contributed by atoms with Gasteiger partial charge in [-0.2, -0.15) is 9.82 Å². The fourth-order valence-corrected chi connectivity index (χ4v) is 11.3. The Kier molecular flexibility index (Phi) is 30.6. The van der Waals surface area contributed by atoms with Crippen LogP contribution in [0.15, 0.2) is 95.1 Å². The van der Waals surface area contributed by atoms with E-state index < -0.39 is 62.4 Å². The number of benzene rings is 3. The van der Waals surface area contributed by atoms with Gasteiger partial charge in [0, 0.05) is 122 Å². The second-order valence-electron chi connectivity index (χ2n) is 20.2. The summed E-state index contributed by atoms with van der Waals surface area (Å²) in [7, 11) is -8.25. The summed E-state index contributed by atoms with van der Waals surface area (Å²) in [6.45, 7) is 4.51. The van der Waals surface area contributed by atoms with Crippen LogP contribution >= 0.6 is 0 Å². The molecule has 1 aliphatic rings. The molecular weight excluding hydrogens is 1290 g/mol. The molecular formula is C55H77InN13O17S2+3. The predicted octanol–water partition coefficient (Wildman–Crippen LogP) is -0.591. The number of nitrogens with zero attached hydrogens (tertiary/aromatic N) is 7. The van der Waals surface area contributed by atoms with Crippen LogP contribution in [0.1, 0.15) is 29.6 Å². The minimum Gasteiger partial charge on any atom is -0.480 e. The molecule has 476 valence electrons. The van der Waals surface area contributed by atoms with Crippen LogP contribution in [-0.2, 0) is 64.8 Å². The first-order chi connectivity index (χ1) is 41.7. The summed E-state index contributed by atoms with van der Waals surface area (Å²) in [6.07, 6.45) is 6.64. The molecule has 0 spiro atoms. The van der Waals surface area contributed by atoms with Crippen molar-refractivity contribution in [3.63, 3.8) is 0 Å². The molecule has 2 aromatic heterocycles. The number of ether oxygens (including phenoxy) is 3. The van der Waals surface area contributed by atoms with Gasteiger partial charge in [-0.25, -0.2) is 26.5 Å². The largest absolute Gasteiger partial charge is 3.00 e. The van der Waals surface area contributed by atoms with Crippen LogP contribution in [0.2, 0.25) is 0 Å². The van der Waals surface area contributed by atoms with E-state index in [4.69, 9.17) is 14.2 Å². The Morgan fingerprint density at radius 3 is 1.59 bits per heavy atom. The average Bonchev–Trinajstić information content (AvgIpc) is 2.50. The molecule has 1 fully saturated rings. The number of nitrogens with one attached hydrogen (secondary N) is 6. The predicted molar refractivity (Wildman–Crippen MR) is 322 cm³/mol. The molecule has 88 heavy (non-hydrogen) atoms. The monoisotopic (exact) mass is 1370 g/mol. The van der Waals surface area contributed by atoms with Crippen LogP contribution in [0.5, 0.6) is 0 Å². The zero-order chi connectivity index (χ0) is 62.6. The maximum Gasteiger partial charge on any atom is 3.00 e. The van der Waals surface area contributed by atoms with Crippen molar-refractivity contribution in [3.05, 3.63) is 90.9 Å². The summed E-state index contributed by atoms with van der Waals surface area (Å²) in [5.41, 5.74) is 2.17. The molecule has 0 saturated carbocycles. The van der Waals surface area contributed by atoms with Crippen LogP contribution in [0.4, 0.5) is 5.95 Å². The van der Waals surface area contributed by atoms with Gasteiger partial charge in [0.1, 0.15) is 6.04 Å². The zero-order valence-electron chi connectivity index (χ0n) is 48.7. The number of aromatic nitrogens is 4. The summed E-state index contributed by atoms with van der Waals surface area (Å²) < 4.78 is 75.9. The third-order valence-electron chi connectivity index (χ3n) is 13.6. The number of rotatable bonds is 37. The van der Waals surface area contributed by atoms with Crippen LogP contribution in [-0.4, -0.2) is 289 Å². The number of carbonyl (C=O) groups excluding carboxylic acids is 2. The molecule has 0 radical (unpaired) electrons. The Morgan fingerprint density at radius 1 is 0.591 bits per heavy atom. The fourth-order valence-electron chi connectivity index (χ4n) is 9.04. The van der Waals surface area contributed by atoms with Crippen molar-refractivity contribution in [2.75, 3.05) is 150 Å². The Morgan fingerprint density at radius 2 is 1.09 bits per heavy atom. The van der Waals surface area contributed by atoms with Gasteiger partial charge in [-0.15, -0.1) is 0 Å². The fraction of sp³-hybridized carbons (Fsp3) is 0.491. The summed E-state index contributed by atoms with van der Waals surface area (Å²) in [4.78, 5) is 86.4. The molecule has 3 aromatic carbocycles. The molecule has 6 rings (SSSR count). The minimum absolute atomic E-state index is 0. The van der Waals surface area contributed by atoms with Crippen LogP contribution in [0.3, 0.4) is 0 Å². The van der Waals surface area contributed by atoms with E-state index in [1.54, 1.807) is 68.3 Å². The number of hydrogen-bond acceptors (Lipinski definition) is 20. The first kappa shape index (κ1) is 72.1. The van der Waals surface area contributed by atoms with Gasteiger partial charge in [0.15, 0.2) is 5.95 Å². The summed E-state index contributed by atoms with van der Waals surface area (Å²) in [6, 6.07) is 14.7. The number of carboxylic acid groups (broad SMARTS) is 4. The Labute approximate surface area is 528 Å². The standard InChI is InChI=1S/C55H77N13O17S2.In/c69-49(37-64-20-22-65(38-50(70)71)24-26-67(40-52(74)75)27-25-66(23-21-64)39-51(72)73)56-15-2-28-83-30-32-85-33-31-84-29-3-16-62-86(79,80)45-9-4-41(5-10-45)42-6-11-46(12-7-42)87(81,82)63-47(54(77)78)36-60-53(76)43-8-13-48-44(34-43)35-61-68(48)19-1-14-57-55-58-17-18-59-55;/h4-13,17-18,34-35,47,62-63H,1-3,14-16,19-33,36-40H2,(H,56,69)(H,60,76)(H,70,71)(H,72,73)(H,74,75)(H,77,78)(H2,57,58,59);/q;+3. The van der Waals surface area contributed by atoms with Crippen molar-refractivity contribution in [1.29, 1.82) is 0 Å². The molecule has 30 nitrogen and oxygen atoms in total. The third kappa shape index (κ3) is 25.5. The second kappa shape index (κ2) is 37.4. The SMILES string of the molecule is O=C(O)CN1CCN(CC(=O)O)CCN(CC(=O)NCCCOCCOCCOCCCNS(=O)(=O)c2ccc(-c3ccc(S(=O)(=O)NC(CNC(=O)c4ccc5c(cnn5CCCNc5ncc[nH]5)c4)C(=O)O)cc3)cc2)CCN(CC(=O)O)CC1.[In+3]. The van der Waals surface area contributed by atoms with Gasteiger partial charge in [0.25, 0.3) is 5.91 Å². The smallest absolute Gasteiger partial charge is 0.480 e. The van der Waals surface area contributed by atoms with Gasteiger partial charge in [0.05, 0.1) is 74.1 Å². The van der Waals surface area contributed by atoms with E-state index in [0.717, 1.165) is 11.9 Å². The van der Waals surface area contributed by atoms with E-state index in [9.17, 15) is 66.0 Å². The van der Waals surface area contributed by atoms with Crippen LogP contribution < -0.4 is 25.4 Å². The van der Waals surface area contributed by atoms with Crippen molar-refractivity contribution in [1.82, 2.24) is 59.4 Å². The zero-order valence-corrected chi connectivity index (χ0v) is 53.6. The molecule has 2 amide bonds. The first-order valence-corrected chi connectivity index (χ1v) is 31.2. The molecule has 1 atom stereocenters. The van der Waals surface area contributed by atoms with Gasteiger partial charge < -0.3 is 55.6 Å². The summed E-state index contributed by atoms with van der Waals surface area (Å²) in [5.74, 6) is -4.82. The topological polar surface area (TPSA) is 399 Å². The normalized spacial score (nSPS) is 14.7. The van der Waals surface area contributed by atoms with Gasteiger partial charge in [0.2, 0.25) is 26.0 Å². The number of sulfonamides is 2. The quantitative estimate of drug-likeness (QED) is 0.0222. The number of amides is 2. The number of H-pyrrole nitrogens is 1. The molecule has 0 bridgehead atoms. The van der Waals surface area contributed by atoms with Gasteiger partial charge in [-0.05, 0) is 72.9 Å². The second-order valence-corrected chi connectivity index (χ2v) is 23.7. The number of aliphatic carboxylic acids is 4. The molecule has 1 saturated heterocycles. The molecule has 1 unspecified atom stereocenters. The first-order valence-electron chi connectivity index (χ1n) is 28.2. The number of imidazole rings is 1. The number of hydrogen-bond donors (Lipinski definition) is 10. The maximum absolute atomic E-state index is 13.3. The summed E-state index contributed by atoms with van der Waals surface area (Å²) in [5, 5.41) is 51.7. The van der Waals surface area contributed by atoms with Crippen molar-refractivity contribution in [2.45, 2.75) is 41.6 Å². The van der Waals surface area contributed by atoms with Crippen LogP contribution in [0.25, 0.3) is 22.0 Å². The summed E-state index contributed by atoms with van der Waals surface area (Å²) >= 11 is 0.